The predicted molar refractivity (Wildman–Crippen MR) is 73.5 cm³/mol. The minimum Gasteiger partial charge on any atom is -0.463 e. The Labute approximate surface area is 120 Å². The van der Waals surface area contributed by atoms with Gasteiger partial charge in [-0.2, -0.15) is 0 Å². The Morgan fingerprint density at radius 1 is 1.32 bits per heavy atom. The fourth-order valence-corrected chi connectivity index (χ4v) is 1.63. The molecule has 5 nitrogen and oxygen atoms in total. The second kappa shape index (κ2) is 8.77. The molecule has 104 valence electrons. The van der Waals surface area contributed by atoms with Gasteiger partial charge >= 0.3 is 5.97 Å². The molecule has 1 rings (SSSR count). The summed E-state index contributed by atoms with van der Waals surface area (Å²) in [6.07, 6.45) is 1.65. The van der Waals surface area contributed by atoms with E-state index >= 15 is 0 Å². The fourth-order valence-electron chi connectivity index (χ4n) is 1.34. The number of hydrogen-bond acceptors (Lipinski definition) is 5. The molecule has 0 aromatic carbocycles. The minimum atomic E-state index is -0.332. The van der Waals surface area contributed by atoms with Crippen LogP contribution in [0.15, 0.2) is 18.3 Å². The molecule has 0 atom stereocenters. The van der Waals surface area contributed by atoms with Crippen LogP contribution in [-0.4, -0.2) is 41.9 Å². The van der Waals surface area contributed by atoms with Crippen molar-refractivity contribution in [3.05, 3.63) is 29.6 Å². The molecule has 1 heterocycles. The van der Waals surface area contributed by atoms with Gasteiger partial charge in [0.2, 0.25) is 0 Å². The summed E-state index contributed by atoms with van der Waals surface area (Å²) in [7, 11) is 0. The van der Waals surface area contributed by atoms with Crippen LogP contribution in [-0.2, 0) is 20.7 Å². The van der Waals surface area contributed by atoms with E-state index in [4.69, 9.17) is 9.47 Å². The summed E-state index contributed by atoms with van der Waals surface area (Å²) >= 11 is 3.08. The number of hydrogen-bond donors (Lipinski definition) is 0. The van der Waals surface area contributed by atoms with Crippen LogP contribution in [0.5, 0.6) is 0 Å². The summed E-state index contributed by atoms with van der Waals surface area (Å²) in [5, 5.41) is 0.235. The van der Waals surface area contributed by atoms with E-state index in [1.165, 1.54) is 6.20 Å². The van der Waals surface area contributed by atoms with Gasteiger partial charge in [-0.3, -0.25) is 14.6 Å². The molecular formula is C13H16BrNO4. The highest BCUT2D eigenvalue weighted by atomic mass is 79.9. The summed E-state index contributed by atoms with van der Waals surface area (Å²) in [6, 6.07) is 3.30. The van der Waals surface area contributed by atoms with Crippen LogP contribution in [0.1, 0.15) is 23.0 Å². The van der Waals surface area contributed by atoms with Crippen molar-refractivity contribution < 1.29 is 19.1 Å². The second-order valence-electron chi connectivity index (χ2n) is 3.70. The third-order valence-corrected chi connectivity index (χ3v) is 2.78. The topological polar surface area (TPSA) is 65.5 Å². The van der Waals surface area contributed by atoms with Crippen molar-refractivity contribution in [1.29, 1.82) is 0 Å². The zero-order valence-corrected chi connectivity index (χ0v) is 12.3. The quantitative estimate of drug-likeness (QED) is 0.315. The van der Waals surface area contributed by atoms with Crippen molar-refractivity contribution in [3.63, 3.8) is 0 Å². The third-order valence-electron chi connectivity index (χ3n) is 2.28. The van der Waals surface area contributed by atoms with Crippen LogP contribution >= 0.6 is 15.9 Å². The van der Waals surface area contributed by atoms with Gasteiger partial charge in [-0.05, 0) is 18.6 Å². The van der Waals surface area contributed by atoms with Gasteiger partial charge in [0.25, 0.3) is 0 Å². The number of rotatable bonds is 8. The van der Waals surface area contributed by atoms with Crippen molar-refractivity contribution in [1.82, 2.24) is 4.98 Å². The highest BCUT2D eigenvalue weighted by molar-refractivity contribution is 9.09. The lowest BCUT2D eigenvalue weighted by Gasteiger charge is -2.05. The zero-order valence-electron chi connectivity index (χ0n) is 10.7. The van der Waals surface area contributed by atoms with Crippen LogP contribution in [0, 0.1) is 0 Å². The van der Waals surface area contributed by atoms with Crippen molar-refractivity contribution >= 4 is 27.7 Å². The molecule has 0 aliphatic carbocycles. The summed E-state index contributed by atoms with van der Waals surface area (Å²) in [5.74, 6) is -0.424. The molecule has 0 unspecified atom stereocenters. The van der Waals surface area contributed by atoms with Crippen molar-refractivity contribution in [2.24, 2.45) is 0 Å². The van der Waals surface area contributed by atoms with E-state index in [1.807, 2.05) is 6.92 Å². The molecule has 0 amide bonds. The average Bonchev–Trinajstić information content (AvgIpc) is 2.43. The Balaban J connectivity index is 2.40. The first-order valence-electron chi connectivity index (χ1n) is 5.94. The predicted octanol–water partition coefficient (Wildman–Crippen LogP) is 1.78. The number of alkyl halides is 1. The first-order chi connectivity index (χ1) is 9.17. The molecule has 0 N–H and O–H groups in total. The molecule has 6 heteroatoms. The Hall–Kier alpha value is -1.27. The molecule has 0 saturated heterocycles. The van der Waals surface area contributed by atoms with Gasteiger partial charge in [0.1, 0.15) is 12.3 Å². The summed E-state index contributed by atoms with van der Waals surface area (Å²) in [4.78, 5) is 26.8. The number of Topliss-reactive ketones (excluding diaryl/α,β-unsaturated/α-hetero) is 1. The molecule has 0 radical (unpaired) electrons. The van der Waals surface area contributed by atoms with E-state index in [0.29, 0.717) is 24.5 Å². The Kier molecular flexibility index (Phi) is 7.28. The number of pyridine rings is 1. The minimum absolute atomic E-state index is 0.0918. The largest absolute Gasteiger partial charge is 0.463 e. The maximum atomic E-state index is 11.5. The van der Waals surface area contributed by atoms with E-state index in [-0.39, 0.29) is 30.1 Å². The number of halogens is 1. The van der Waals surface area contributed by atoms with E-state index in [9.17, 15) is 9.59 Å². The maximum absolute atomic E-state index is 11.5. The Morgan fingerprint density at radius 2 is 2.11 bits per heavy atom. The van der Waals surface area contributed by atoms with E-state index in [0.717, 1.165) is 0 Å². The zero-order chi connectivity index (χ0) is 14.1. The van der Waals surface area contributed by atoms with Crippen LogP contribution in [0.3, 0.4) is 0 Å². The van der Waals surface area contributed by atoms with E-state index < -0.39 is 0 Å². The lowest BCUT2D eigenvalue weighted by Crippen LogP contribution is -2.13. The standard InChI is InChI=1S/C13H16BrNO4/c1-2-18-5-6-19-13(17)7-10-3-4-11(15-9-10)12(16)8-14/h3-4,9H,2,5-8H2,1H3. The molecule has 0 fully saturated rings. The molecule has 0 spiro atoms. The van der Waals surface area contributed by atoms with Gasteiger partial charge in [-0.1, -0.05) is 22.0 Å². The van der Waals surface area contributed by atoms with Crippen LogP contribution in [0.2, 0.25) is 0 Å². The summed E-state index contributed by atoms with van der Waals surface area (Å²) in [5.41, 5.74) is 1.10. The van der Waals surface area contributed by atoms with Gasteiger partial charge in [0, 0.05) is 12.8 Å². The number of carbonyl (C=O) groups is 2. The molecule has 0 saturated carbocycles. The maximum Gasteiger partial charge on any atom is 0.310 e. The molecule has 0 aliphatic rings. The lowest BCUT2D eigenvalue weighted by atomic mass is 10.2. The van der Waals surface area contributed by atoms with Crippen LogP contribution < -0.4 is 0 Å². The molecule has 19 heavy (non-hydrogen) atoms. The lowest BCUT2D eigenvalue weighted by molar-refractivity contribution is -0.144. The number of ether oxygens (including phenoxy) is 2. The second-order valence-corrected chi connectivity index (χ2v) is 4.26. The van der Waals surface area contributed by atoms with E-state index in [2.05, 4.69) is 20.9 Å². The number of nitrogens with zero attached hydrogens (tertiary/aromatic N) is 1. The number of esters is 1. The SMILES string of the molecule is CCOCCOC(=O)Cc1ccc(C(=O)CBr)nc1. The molecule has 0 aliphatic heterocycles. The van der Waals surface area contributed by atoms with Crippen molar-refractivity contribution in [2.45, 2.75) is 13.3 Å². The highest BCUT2D eigenvalue weighted by Gasteiger charge is 2.08. The fraction of sp³-hybridized carbons (Fsp3) is 0.462. The Bertz CT molecular complexity index is 419. The van der Waals surface area contributed by atoms with Gasteiger partial charge in [0.15, 0.2) is 5.78 Å². The number of carbonyl (C=O) groups excluding carboxylic acids is 2. The highest BCUT2D eigenvalue weighted by Crippen LogP contribution is 2.04. The van der Waals surface area contributed by atoms with Crippen LogP contribution in [0.25, 0.3) is 0 Å². The first kappa shape index (κ1) is 15.8. The summed E-state index contributed by atoms with van der Waals surface area (Å²) < 4.78 is 10.0. The van der Waals surface area contributed by atoms with Crippen LogP contribution in [0.4, 0.5) is 0 Å². The smallest absolute Gasteiger partial charge is 0.310 e. The van der Waals surface area contributed by atoms with Crippen molar-refractivity contribution in [3.8, 4) is 0 Å². The molecule has 1 aromatic heterocycles. The number of ketones is 1. The number of aromatic nitrogens is 1. The monoisotopic (exact) mass is 329 g/mol. The van der Waals surface area contributed by atoms with Gasteiger partial charge in [-0.15, -0.1) is 0 Å². The average molecular weight is 330 g/mol. The van der Waals surface area contributed by atoms with Gasteiger partial charge in [-0.25, -0.2) is 0 Å². The van der Waals surface area contributed by atoms with E-state index in [1.54, 1.807) is 12.1 Å². The molecule has 0 bridgehead atoms. The Morgan fingerprint density at radius 3 is 2.68 bits per heavy atom. The third kappa shape index (κ3) is 5.94. The molecular weight excluding hydrogens is 314 g/mol. The summed E-state index contributed by atoms with van der Waals surface area (Å²) in [6.45, 7) is 3.13. The normalized spacial score (nSPS) is 10.2. The van der Waals surface area contributed by atoms with Crippen molar-refractivity contribution in [2.75, 3.05) is 25.2 Å². The molecule has 1 aromatic rings. The van der Waals surface area contributed by atoms with Gasteiger partial charge in [0.05, 0.1) is 18.4 Å². The van der Waals surface area contributed by atoms with Gasteiger partial charge < -0.3 is 9.47 Å². The first-order valence-corrected chi connectivity index (χ1v) is 7.07.